The molecule has 21 heavy (non-hydrogen) atoms. The number of hydrogen-bond donors (Lipinski definition) is 5. The van der Waals surface area contributed by atoms with Gasteiger partial charge in [-0.15, -0.1) is 0 Å². The van der Waals surface area contributed by atoms with Crippen molar-refractivity contribution in [2.24, 2.45) is 0 Å². The number of hydrogen-bond acceptors (Lipinski definition) is 7. The molecule has 0 radical (unpaired) electrons. The van der Waals surface area contributed by atoms with Crippen molar-refractivity contribution < 1.29 is 20.1 Å². The topological polar surface area (TPSA) is 147 Å². The molecular formula is C11H13ClN4O5. The number of aromatic amines is 1. The van der Waals surface area contributed by atoms with Crippen LogP contribution in [-0.4, -0.2) is 54.8 Å². The highest BCUT2D eigenvalue weighted by atomic mass is 35.5. The number of pyridine rings is 1. The number of fused-ring (bicyclic) bond motifs is 1. The maximum atomic E-state index is 11.8. The van der Waals surface area contributed by atoms with Crippen molar-refractivity contribution >= 4 is 28.5 Å². The van der Waals surface area contributed by atoms with Crippen LogP contribution in [0.5, 0.6) is 0 Å². The van der Waals surface area contributed by atoms with Crippen LogP contribution in [0.1, 0.15) is 6.23 Å². The molecule has 3 heterocycles. The average molecular weight is 317 g/mol. The van der Waals surface area contributed by atoms with E-state index in [4.69, 9.17) is 27.2 Å². The summed E-state index contributed by atoms with van der Waals surface area (Å²) in [6.45, 7) is -0.461. The number of nitrogens with two attached hydrogens (primary N) is 1. The minimum absolute atomic E-state index is 0.0342. The molecule has 9 nitrogen and oxygen atoms in total. The van der Waals surface area contributed by atoms with Gasteiger partial charge >= 0.3 is 0 Å². The highest BCUT2D eigenvalue weighted by Gasteiger charge is 2.44. The molecule has 2 aromatic rings. The number of imidazole rings is 1. The predicted octanol–water partition coefficient (Wildman–Crippen LogP) is -1.43. The Hall–Kier alpha value is -1.65. The van der Waals surface area contributed by atoms with E-state index in [0.717, 1.165) is 0 Å². The fourth-order valence-corrected chi connectivity index (χ4v) is 2.65. The molecule has 114 valence electrons. The Labute approximate surface area is 122 Å². The highest BCUT2D eigenvalue weighted by Crippen LogP contribution is 2.34. The van der Waals surface area contributed by atoms with Crippen molar-refractivity contribution in [2.75, 3.05) is 12.3 Å². The van der Waals surface area contributed by atoms with Crippen molar-refractivity contribution in [1.82, 2.24) is 14.5 Å². The number of nitrogen functional groups attached to an aromatic ring is 1. The van der Waals surface area contributed by atoms with Gasteiger partial charge in [-0.25, -0.2) is 4.98 Å². The lowest BCUT2D eigenvalue weighted by molar-refractivity contribution is -0.0508. The van der Waals surface area contributed by atoms with E-state index in [1.165, 1.54) is 10.9 Å². The van der Waals surface area contributed by atoms with Crippen LogP contribution in [0.25, 0.3) is 11.0 Å². The van der Waals surface area contributed by atoms with E-state index >= 15 is 0 Å². The Morgan fingerprint density at radius 1 is 1.48 bits per heavy atom. The third kappa shape index (κ3) is 2.01. The molecule has 0 bridgehead atoms. The molecule has 1 fully saturated rings. The van der Waals surface area contributed by atoms with Crippen molar-refractivity contribution in [3.05, 3.63) is 21.7 Å². The standard InChI is InChI=1S/C11H13ClN4O5/c12-4-6-5(10(20)15-9(4)13)14-2-16(6)11-8(19)7(18)3(1-17)21-11/h2-3,7-8,11,17-19H,1H2,(H3,13,15,20)/t3-,7+,8-,11-/m1/s1. The van der Waals surface area contributed by atoms with Gasteiger partial charge in [-0.05, 0) is 0 Å². The summed E-state index contributed by atoms with van der Waals surface area (Å²) in [6, 6.07) is 0. The first-order valence-corrected chi connectivity index (χ1v) is 6.49. The Morgan fingerprint density at radius 2 is 2.19 bits per heavy atom. The molecule has 4 atom stereocenters. The Bertz CT molecular complexity index is 744. The molecule has 0 unspecified atom stereocenters. The second-order valence-corrected chi connectivity index (χ2v) is 5.14. The summed E-state index contributed by atoms with van der Waals surface area (Å²) in [6.07, 6.45) is -3.31. The van der Waals surface area contributed by atoms with Gasteiger partial charge in [0.1, 0.15) is 29.2 Å². The molecule has 0 aromatic carbocycles. The molecule has 0 saturated carbocycles. The zero-order valence-electron chi connectivity index (χ0n) is 10.6. The minimum Gasteiger partial charge on any atom is -0.394 e. The molecule has 6 N–H and O–H groups in total. The van der Waals surface area contributed by atoms with E-state index in [1.807, 2.05) is 0 Å². The van der Waals surface area contributed by atoms with Gasteiger partial charge in [0, 0.05) is 0 Å². The second-order valence-electron chi connectivity index (χ2n) is 4.76. The number of aliphatic hydroxyl groups is 3. The summed E-state index contributed by atoms with van der Waals surface area (Å²) in [4.78, 5) is 18.0. The first-order valence-electron chi connectivity index (χ1n) is 6.12. The molecule has 0 amide bonds. The zero-order valence-corrected chi connectivity index (χ0v) is 11.4. The highest BCUT2D eigenvalue weighted by molar-refractivity contribution is 6.37. The van der Waals surface area contributed by atoms with E-state index in [1.54, 1.807) is 0 Å². The number of aromatic nitrogens is 3. The summed E-state index contributed by atoms with van der Waals surface area (Å²) in [7, 11) is 0. The molecule has 10 heteroatoms. The van der Waals surface area contributed by atoms with Gasteiger partial charge < -0.3 is 30.8 Å². The van der Waals surface area contributed by atoms with Crippen LogP contribution in [-0.2, 0) is 4.74 Å². The monoisotopic (exact) mass is 316 g/mol. The number of ether oxygens (including phenoxy) is 1. The van der Waals surface area contributed by atoms with Gasteiger partial charge in [-0.2, -0.15) is 0 Å². The Balaban J connectivity index is 2.16. The number of H-pyrrole nitrogens is 1. The van der Waals surface area contributed by atoms with Gasteiger partial charge in [-0.1, -0.05) is 11.6 Å². The van der Waals surface area contributed by atoms with Crippen LogP contribution in [0.4, 0.5) is 5.82 Å². The molecule has 0 aliphatic carbocycles. The van der Waals surface area contributed by atoms with E-state index in [0.29, 0.717) is 0 Å². The summed E-state index contributed by atoms with van der Waals surface area (Å²) in [5, 5.41) is 29.0. The Morgan fingerprint density at radius 3 is 2.81 bits per heavy atom. The van der Waals surface area contributed by atoms with E-state index < -0.39 is 36.7 Å². The van der Waals surface area contributed by atoms with Gasteiger partial charge in [0.05, 0.1) is 18.5 Å². The first-order chi connectivity index (χ1) is 9.95. The quantitative estimate of drug-likeness (QED) is 0.456. The number of anilines is 1. The van der Waals surface area contributed by atoms with E-state index in [-0.39, 0.29) is 21.9 Å². The third-order valence-electron chi connectivity index (χ3n) is 3.49. The van der Waals surface area contributed by atoms with Crippen molar-refractivity contribution in [1.29, 1.82) is 0 Å². The van der Waals surface area contributed by atoms with Crippen molar-refractivity contribution in [3.8, 4) is 0 Å². The third-order valence-corrected chi connectivity index (χ3v) is 3.88. The predicted molar refractivity (Wildman–Crippen MR) is 72.8 cm³/mol. The lowest BCUT2D eigenvalue weighted by Gasteiger charge is -2.17. The largest absolute Gasteiger partial charge is 0.394 e. The molecular weight excluding hydrogens is 304 g/mol. The molecule has 3 rings (SSSR count). The first kappa shape index (κ1) is 14.3. The summed E-state index contributed by atoms with van der Waals surface area (Å²) >= 11 is 6.07. The van der Waals surface area contributed by atoms with Crippen LogP contribution in [0.2, 0.25) is 5.02 Å². The van der Waals surface area contributed by atoms with Gasteiger partial charge in [0.15, 0.2) is 11.7 Å². The number of nitrogens with one attached hydrogen (secondary N) is 1. The fourth-order valence-electron chi connectivity index (χ4n) is 2.41. The van der Waals surface area contributed by atoms with Crippen LogP contribution in [0.3, 0.4) is 0 Å². The lowest BCUT2D eigenvalue weighted by Crippen LogP contribution is -2.33. The second kappa shape index (κ2) is 4.97. The number of halogens is 1. The molecule has 2 aromatic heterocycles. The summed E-state index contributed by atoms with van der Waals surface area (Å²) in [5.41, 5.74) is 5.30. The normalized spacial score (nSPS) is 29.3. The van der Waals surface area contributed by atoms with Gasteiger partial charge in [0.25, 0.3) is 5.56 Å². The SMILES string of the molecule is Nc1[nH]c(=O)c2ncn([C@@H]3O[C@H](CO)[C@H](O)[C@H]3O)c2c1Cl. The van der Waals surface area contributed by atoms with Crippen molar-refractivity contribution in [3.63, 3.8) is 0 Å². The Kier molecular flexibility index (Phi) is 3.38. The molecule has 1 saturated heterocycles. The van der Waals surface area contributed by atoms with Crippen LogP contribution < -0.4 is 11.3 Å². The minimum atomic E-state index is -1.31. The lowest BCUT2D eigenvalue weighted by atomic mass is 10.1. The zero-order chi connectivity index (χ0) is 15.3. The number of nitrogens with zero attached hydrogens (tertiary/aromatic N) is 2. The number of rotatable bonds is 2. The molecule has 1 aliphatic rings. The van der Waals surface area contributed by atoms with Crippen LogP contribution in [0.15, 0.2) is 11.1 Å². The maximum absolute atomic E-state index is 11.8. The van der Waals surface area contributed by atoms with Crippen LogP contribution >= 0.6 is 11.6 Å². The maximum Gasteiger partial charge on any atom is 0.277 e. The summed E-state index contributed by atoms with van der Waals surface area (Å²) in [5.74, 6) is -0.0392. The average Bonchev–Trinajstić information content (AvgIpc) is 3.00. The molecule has 1 aliphatic heterocycles. The van der Waals surface area contributed by atoms with Gasteiger partial charge in [-0.3, -0.25) is 9.36 Å². The summed E-state index contributed by atoms with van der Waals surface area (Å²) < 4.78 is 6.70. The van der Waals surface area contributed by atoms with Crippen LogP contribution in [0, 0.1) is 0 Å². The fraction of sp³-hybridized carbons (Fsp3) is 0.455. The van der Waals surface area contributed by atoms with E-state index in [2.05, 4.69) is 9.97 Å². The van der Waals surface area contributed by atoms with Crippen molar-refractivity contribution in [2.45, 2.75) is 24.5 Å². The smallest absolute Gasteiger partial charge is 0.277 e. The van der Waals surface area contributed by atoms with Gasteiger partial charge in [0.2, 0.25) is 0 Å². The molecule has 0 spiro atoms. The van der Waals surface area contributed by atoms with E-state index in [9.17, 15) is 15.0 Å². The number of aliphatic hydroxyl groups excluding tert-OH is 3.